The summed E-state index contributed by atoms with van der Waals surface area (Å²) >= 11 is 6.44. The van der Waals surface area contributed by atoms with Crippen LogP contribution in [0.5, 0.6) is 0 Å². The fourth-order valence-corrected chi connectivity index (χ4v) is 4.34. The molecule has 0 spiro atoms. The summed E-state index contributed by atoms with van der Waals surface area (Å²) in [5.41, 5.74) is 4.69. The minimum absolute atomic E-state index is 0.142. The first-order valence-electron chi connectivity index (χ1n) is 8.04. The number of quaternary nitrogens is 2. The first kappa shape index (κ1) is 17.2. The molecule has 0 amide bonds. The fraction of sp³-hybridized carbons (Fsp3) is 0.316. The molecule has 0 fully saturated rings. The molecule has 1 heterocycles. The van der Waals surface area contributed by atoms with Crippen LogP contribution >= 0.6 is 11.6 Å². The molecule has 0 radical (unpaired) electrons. The van der Waals surface area contributed by atoms with Gasteiger partial charge in [-0.1, -0.05) is 29.8 Å². The van der Waals surface area contributed by atoms with E-state index in [1.807, 2.05) is 37.5 Å². The summed E-state index contributed by atoms with van der Waals surface area (Å²) in [5.74, 6) is -0.581. The van der Waals surface area contributed by atoms with E-state index in [1.54, 1.807) is 6.07 Å². The summed E-state index contributed by atoms with van der Waals surface area (Å²) < 4.78 is 0. The topological polar surface area (TPSA) is 103 Å². The molecule has 4 N–H and O–H groups in total. The Bertz CT molecular complexity index is 882. The number of benzene rings is 1. The Morgan fingerprint density at radius 1 is 1.24 bits per heavy atom. The van der Waals surface area contributed by atoms with Gasteiger partial charge in [-0.15, -0.1) is 0 Å². The molecule has 3 rings (SSSR count). The van der Waals surface area contributed by atoms with E-state index in [-0.39, 0.29) is 5.92 Å². The van der Waals surface area contributed by atoms with Gasteiger partial charge >= 0.3 is 0 Å². The first-order chi connectivity index (χ1) is 12.0. The van der Waals surface area contributed by atoms with Gasteiger partial charge in [0.25, 0.3) is 0 Å². The largest absolute Gasteiger partial charge is 0.348 e. The van der Waals surface area contributed by atoms with Crippen molar-refractivity contribution < 1.29 is 10.6 Å². The third-order valence-electron chi connectivity index (χ3n) is 5.32. The van der Waals surface area contributed by atoms with E-state index in [4.69, 9.17) is 11.6 Å². The van der Waals surface area contributed by atoms with Crippen LogP contribution in [0, 0.1) is 45.3 Å². The summed E-state index contributed by atoms with van der Waals surface area (Å²) in [5, 5.41) is 30.2. The van der Waals surface area contributed by atoms with E-state index < -0.39 is 17.4 Å². The number of allylic oxidation sites excluding steroid dienone is 1. The molecule has 1 aliphatic carbocycles. The zero-order chi connectivity index (χ0) is 18.2. The summed E-state index contributed by atoms with van der Waals surface area (Å²) in [6, 6.07) is 13.2. The Morgan fingerprint density at radius 3 is 2.52 bits per heavy atom. The molecular formula is C19H18ClN5+2. The number of hydrogen-bond donors (Lipinski definition) is 2. The molecule has 5 nitrogen and oxygen atoms in total. The first-order valence-corrected chi connectivity index (χ1v) is 8.42. The molecule has 0 saturated carbocycles. The Hall–Kier alpha value is -2.62. The molecule has 1 aliphatic heterocycles. The maximum atomic E-state index is 9.99. The summed E-state index contributed by atoms with van der Waals surface area (Å²) in [6.45, 7) is 0.685. The Morgan fingerprint density at radius 2 is 1.92 bits per heavy atom. The van der Waals surface area contributed by atoms with Crippen molar-refractivity contribution in [3.05, 3.63) is 58.3 Å². The normalized spacial score (nSPS) is 29.9. The number of nitrogens with zero attached hydrogens (tertiary/aromatic N) is 3. The quantitative estimate of drug-likeness (QED) is 0.772. The average molecular weight is 352 g/mol. The summed E-state index contributed by atoms with van der Waals surface area (Å²) in [4.78, 5) is 1.15. The van der Waals surface area contributed by atoms with Crippen LogP contribution < -0.4 is 10.6 Å². The fourth-order valence-electron chi connectivity index (χ4n) is 4.08. The zero-order valence-corrected chi connectivity index (χ0v) is 14.6. The van der Waals surface area contributed by atoms with Gasteiger partial charge in [0.1, 0.15) is 6.07 Å². The lowest BCUT2D eigenvalue weighted by molar-refractivity contribution is -0.830. The zero-order valence-electron chi connectivity index (χ0n) is 13.8. The molecule has 6 heteroatoms. The minimum Gasteiger partial charge on any atom is -0.348 e. The molecule has 0 bridgehead atoms. The Balaban J connectivity index is 2.35. The third-order valence-corrected chi connectivity index (χ3v) is 5.67. The van der Waals surface area contributed by atoms with Gasteiger partial charge in [0, 0.05) is 16.9 Å². The lowest BCUT2D eigenvalue weighted by Gasteiger charge is -2.43. The highest BCUT2D eigenvalue weighted by Crippen LogP contribution is 2.52. The van der Waals surface area contributed by atoms with Crippen LogP contribution in [-0.2, 0) is 0 Å². The van der Waals surface area contributed by atoms with Crippen molar-refractivity contribution >= 4 is 11.6 Å². The molecule has 124 valence electrons. The molecule has 0 saturated heterocycles. The number of rotatable bonds is 1. The highest BCUT2D eigenvalue weighted by atomic mass is 35.5. The molecule has 2 aliphatic rings. The summed E-state index contributed by atoms with van der Waals surface area (Å²) in [7, 11) is 2.01. The standard InChI is InChI=1S/C19H16ClN5/c1-25-7-6-12-14(8-21)18(24)19(10-22,11-23)17(15(12)9-25)13-4-2-3-5-16(13)20/h2-7,15,17-18H,9,24H2,1H3/p+2/t15-,17+,18-/m1/s1. The van der Waals surface area contributed by atoms with Crippen molar-refractivity contribution in [1.82, 2.24) is 0 Å². The predicted octanol–water partition coefficient (Wildman–Crippen LogP) is 0.560. The second kappa shape index (κ2) is 6.36. The van der Waals surface area contributed by atoms with Crippen LogP contribution in [0.1, 0.15) is 11.5 Å². The predicted molar refractivity (Wildman–Crippen MR) is 91.6 cm³/mol. The van der Waals surface area contributed by atoms with Crippen LogP contribution in [0.25, 0.3) is 0 Å². The van der Waals surface area contributed by atoms with Gasteiger partial charge in [0.2, 0.25) is 5.41 Å². The van der Waals surface area contributed by atoms with Crippen LogP contribution in [0.4, 0.5) is 0 Å². The molecule has 25 heavy (non-hydrogen) atoms. The van der Waals surface area contributed by atoms with Crippen LogP contribution in [0.15, 0.2) is 47.7 Å². The second-order valence-corrected chi connectivity index (χ2v) is 7.02. The number of nitriles is 3. The second-order valence-electron chi connectivity index (χ2n) is 6.62. The van der Waals surface area contributed by atoms with E-state index in [9.17, 15) is 15.8 Å². The number of halogens is 1. The summed E-state index contributed by atoms with van der Waals surface area (Å²) in [6.07, 6.45) is 3.92. The molecular weight excluding hydrogens is 334 g/mol. The van der Waals surface area contributed by atoms with Crippen molar-refractivity contribution in [2.24, 2.45) is 11.3 Å². The van der Waals surface area contributed by atoms with Gasteiger partial charge in [0.05, 0.1) is 37.5 Å². The van der Waals surface area contributed by atoms with Gasteiger partial charge in [0.15, 0.2) is 6.04 Å². The van der Waals surface area contributed by atoms with E-state index in [1.165, 1.54) is 0 Å². The van der Waals surface area contributed by atoms with Crippen molar-refractivity contribution in [2.45, 2.75) is 12.0 Å². The van der Waals surface area contributed by atoms with Gasteiger partial charge in [-0.2, -0.15) is 15.8 Å². The highest BCUT2D eigenvalue weighted by Gasteiger charge is 2.59. The van der Waals surface area contributed by atoms with Crippen molar-refractivity contribution in [2.75, 3.05) is 13.6 Å². The van der Waals surface area contributed by atoms with Gasteiger partial charge < -0.3 is 10.6 Å². The number of nitrogens with one attached hydrogen (secondary N) is 1. The maximum absolute atomic E-state index is 9.99. The van der Waals surface area contributed by atoms with E-state index in [0.717, 1.165) is 16.0 Å². The lowest BCUT2D eigenvalue weighted by atomic mass is 9.56. The van der Waals surface area contributed by atoms with Crippen LogP contribution in [-0.4, -0.2) is 19.6 Å². The maximum Gasteiger partial charge on any atom is 0.207 e. The smallest absolute Gasteiger partial charge is 0.207 e. The molecule has 0 aromatic heterocycles. The van der Waals surface area contributed by atoms with Gasteiger partial charge in [-0.3, -0.25) is 0 Å². The molecule has 1 aromatic rings. The Labute approximate surface area is 151 Å². The lowest BCUT2D eigenvalue weighted by Crippen LogP contribution is -3.06. The van der Waals surface area contributed by atoms with Gasteiger partial charge in [-0.25, -0.2) is 0 Å². The van der Waals surface area contributed by atoms with Crippen molar-refractivity contribution in [3.8, 4) is 18.2 Å². The van der Waals surface area contributed by atoms with Crippen molar-refractivity contribution in [1.29, 1.82) is 15.8 Å². The molecule has 1 aromatic carbocycles. The average Bonchev–Trinajstić information content (AvgIpc) is 2.62. The minimum atomic E-state index is -1.43. The molecule has 1 unspecified atom stereocenters. The van der Waals surface area contributed by atoms with Gasteiger partial charge in [-0.05, 0) is 23.3 Å². The van der Waals surface area contributed by atoms with E-state index >= 15 is 0 Å². The Kier molecular flexibility index (Phi) is 4.38. The highest BCUT2D eigenvalue weighted by molar-refractivity contribution is 6.31. The monoisotopic (exact) mass is 351 g/mol. The van der Waals surface area contributed by atoms with Crippen LogP contribution in [0.3, 0.4) is 0 Å². The SMILES string of the molecule is C[NH+]1C=CC2=C(C#N)[C@@H]([NH3+])C(C#N)(C#N)[C@@H](c3ccccc3Cl)[C@@H]2C1. The van der Waals surface area contributed by atoms with E-state index in [0.29, 0.717) is 17.1 Å². The van der Waals surface area contributed by atoms with E-state index in [2.05, 4.69) is 23.9 Å². The third kappa shape index (κ3) is 2.44. The van der Waals surface area contributed by atoms with Crippen molar-refractivity contribution in [3.63, 3.8) is 0 Å². The molecule has 4 atom stereocenters. The van der Waals surface area contributed by atoms with Crippen LogP contribution in [0.2, 0.25) is 5.02 Å². The number of hydrogen-bond acceptors (Lipinski definition) is 3. The number of fused-ring (bicyclic) bond motifs is 1.